The number of rotatable bonds is 25. The second-order valence-corrected chi connectivity index (χ2v) is 41.6. The summed E-state index contributed by atoms with van der Waals surface area (Å²) in [5, 5.41) is 17.2. The zero-order chi connectivity index (χ0) is 106. The Labute approximate surface area is 851 Å². The first kappa shape index (κ1) is 217. The zero-order valence-electron chi connectivity index (χ0n) is 97.9. The third-order valence-corrected chi connectivity index (χ3v) is 17.3. The number of hydrogen-bond donors (Lipinski definition) is 2. The molecular formula is C118H284F4O11. The van der Waals surface area contributed by atoms with Crippen molar-refractivity contribution in [2.75, 3.05) is 62.5 Å². The lowest BCUT2D eigenvalue weighted by Crippen LogP contribution is -2.29. The maximum Gasteiger partial charge on any atom is 0.391 e. The fourth-order valence-corrected chi connectivity index (χ4v) is 2.59. The average Bonchev–Trinajstić information content (AvgIpc) is 0.916. The molecule has 850 valence electrons. The number of carbonyl (C=O) groups excluding carboxylic acids is 3. The van der Waals surface area contributed by atoms with Crippen molar-refractivity contribution in [2.45, 2.75) is 563 Å². The van der Waals surface area contributed by atoms with E-state index >= 15 is 0 Å². The van der Waals surface area contributed by atoms with Gasteiger partial charge in [-0.1, -0.05) is 458 Å². The summed E-state index contributed by atoms with van der Waals surface area (Å²) in [5.41, 5.74) is -0.458. The van der Waals surface area contributed by atoms with E-state index in [0.29, 0.717) is 54.3 Å². The minimum absolute atomic E-state index is 0. The molecule has 0 rings (SSSR count). The van der Waals surface area contributed by atoms with E-state index in [2.05, 4.69) is 281 Å². The van der Waals surface area contributed by atoms with Crippen molar-refractivity contribution in [1.29, 1.82) is 0 Å². The molecule has 133 heavy (non-hydrogen) atoms. The van der Waals surface area contributed by atoms with Crippen LogP contribution in [0.4, 0.5) is 17.6 Å². The summed E-state index contributed by atoms with van der Waals surface area (Å²) in [4.78, 5) is 30.6. The number of allylic oxidation sites excluding steroid dienone is 1. The Morgan fingerprint density at radius 3 is 0.571 bits per heavy atom. The number of aliphatic hydroxyl groups is 2. The summed E-state index contributed by atoms with van der Waals surface area (Å²) in [6.07, 6.45) is 7.26. The van der Waals surface area contributed by atoms with Crippen molar-refractivity contribution >= 4 is 17.5 Å². The average molecular weight is 1960 g/mol. The smallest absolute Gasteiger partial charge is 0.391 e. The number of ketones is 2. The van der Waals surface area contributed by atoms with E-state index < -0.39 is 23.9 Å². The molecule has 15 heteroatoms. The van der Waals surface area contributed by atoms with Crippen molar-refractivity contribution < 1.29 is 70.6 Å². The molecule has 0 radical (unpaired) electrons. The van der Waals surface area contributed by atoms with Gasteiger partial charge in [-0.3, -0.25) is 14.4 Å². The Morgan fingerprint density at radius 1 is 0.361 bits per heavy atom. The van der Waals surface area contributed by atoms with Gasteiger partial charge in [0.2, 0.25) is 0 Å². The van der Waals surface area contributed by atoms with Crippen LogP contribution in [0.1, 0.15) is 527 Å². The molecule has 2 unspecified atom stereocenters. The van der Waals surface area contributed by atoms with Crippen molar-refractivity contribution in [2.24, 2.45) is 130 Å². The summed E-state index contributed by atoms with van der Waals surface area (Å²) >= 11 is 0. The highest BCUT2D eigenvalue weighted by atomic mass is 19.4. The number of halogens is 4. The number of Topliss-reactive ketones (excluding diaryl/α,β-unsaturated/α-hetero) is 2. The van der Waals surface area contributed by atoms with E-state index in [1.165, 1.54) is 52.1 Å². The van der Waals surface area contributed by atoms with Gasteiger partial charge in [0.1, 0.15) is 11.6 Å². The Balaban J connectivity index is -0.0000000299. The number of carbonyl (C=O) groups is 3. The first-order valence-electron chi connectivity index (χ1n) is 48.7. The summed E-state index contributed by atoms with van der Waals surface area (Å²) in [7, 11) is 10.0. The maximum absolute atomic E-state index is 11.8. The molecular weight excluding hydrogens is 1670 g/mol. The van der Waals surface area contributed by atoms with Gasteiger partial charge >= 0.3 is 12.1 Å². The van der Waals surface area contributed by atoms with Gasteiger partial charge in [0.25, 0.3) is 0 Å². The molecule has 0 aliphatic carbocycles. The lowest BCUT2D eigenvalue weighted by atomic mass is 9.95. The van der Waals surface area contributed by atoms with E-state index in [1.54, 1.807) is 70.2 Å². The van der Waals surface area contributed by atoms with E-state index in [9.17, 15) is 31.9 Å². The van der Waals surface area contributed by atoms with E-state index in [1.807, 2.05) is 103 Å². The Kier molecular flexibility index (Phi) is 258. The number of esters is 1. The molecule has 11 nitrogen and oxygen atoms in total. The number of hydrogen-bond acceptors (Lipinski definition) is 11. The molecule has 0 aromatic carbocycles. The molecule has 0 aliphatic rings. The van der Waals surface area contributed by atoms with Crippen LogP contribution in [-0.4, -0.2) is 126 Å². The van der Waals surface area contributed by atoms with Crippen LogP contribution in [0.5, 0.6) is 0 Å². The highest BCUT2D eigenvalue weighted by Crippen LogP contribution is 2.24. The molecule has 0 heterocycles. The molecule has 0 aromatic rings. The number of ether oxygens (including phenoxy) is 6. The fraction of sp³-hybridized carbons (Fsp3) is 0.958. The second-order valence-electron chi connectivity index (χ2n) is 41.6. The normalized spacial score (nSPS) is 10.1. The van der Waals surface area contributed by atoms with Gasteiger partial charge in [0.15, 0.2) is 0 Å². The van der Waals surface area contributed by atoms with E-state index in [0.717, 1.165) is 92.2 Å². The number of aliphatic hydroxyl groups excluding tert-OH is 1. The van der Waals surface area contributed by atoms with Gasteiger partial charge in [-0.2, -0.15) is 13.2 Å². The van der Waals surface area contributed by atoms with Crippen molar-refractivity contribution in [3.8, 4) is 0 Å². The molecule has 2 N–H and O–H groups in total. The van der Waals surface area contributed by atoms with Crippen LogP contribution in [0.2, 0.25) is 0 Å². The van der Waals surface area contributed by atoms with Gasteiger partial charge in [-0.25, -0.2) is 4.39 Å². The topological polar surface area (TPSA) is 147 Å². The summed E-state index contributed by atoms with van der Waals surface area (Å²) in [6.45, 7) is 129. The van der Waals surface area contributed by atoms with Gasteiger partial charge in [-0.15, -0.1) is 6.58 Å². The van der Waals surface area contributed by atoms with Crippen LogP contribution in [0.3, 0.4) is 0 Å². The lowest BCUT2D eigenvalue weighted by molar-refractivity contribution is -0.164. The van der Waals surface area contributed by atoms with Crippen LogP contribution >= 0.6 is 0 Å². The maximum atomic E-state index is 11.8. The molecule has 0 aromatic heterocycles. The van der Waals surface area contributed by atoms with Gasteiger partial charge in [-0.05, 0) is 182 Å². The van der Waals surface area contributed by atoms with Crippen LogP contribution in [0, 0.1) is 130 Å². The molecule has 0 saturated carbocycles. The second kappa shape index (κ2) is 158. The van der Waals surface area contributed by atoms with Crippen LogP contribution < -0.4 is 0 Å². The third-order valence-electron chi connectivity index (χ3n) is 17.3. The number of methoxy groups -OCH3 is 6. The zero-order valence-corrected chi connectivity index (χ0v) is 97.9. The Bertz CT molecular complexity index is 1670. The highest BCUT2D eigenvalue weighted by Gasteiger charge is 2.31. The number of alkyl halides is 4. The summed E-state index contributed by atoms with van der Waals surface area (Å²) in [6, 6.07) is 0. The first-order chi connectivity index (χ1) is 55.4. The summed E-state index contributed by atoms with van der Waals surface area (Å²) in [5.74, 6) is 12.5. The standard InChI is InChI=1S/C7H16O.3C6H14O.4C6H14.C5H11F.C5H10O2.C5H12O.2C5H10O.2C5H12.C5H10.C4H7F3.2C4H10O.2C4H10.9CH4/c1-6(2)7(3,4)8-5;1-6(2)4-5-7-3;1-5(2)6(3)7-4;1-5(2)6(3,4)7;2*1-5(2)6(3)4;2*1-4-5-6(2)3;1-4(2)5(3)6;1-4(2)5(6)7-3;1-5(2)4-6-3;2*1-4(2)5(3)6;3*1-4-5(2)3;1-3(2)4(5,6)7;1-4(2)5-3;1-4(2)3-5;2*1-4(2)3;;;;;;;;;/h6H,1-5H3;6H,4-5H2,1-3H3;5-6H,1-4H3;5,7H,1-4H3;2*5-6H,1-4H3;2*6H,4-5H2,1-3H3;4-5H,1-3H3;4H,1-3H3;5H,4H2,1-3H3;2*4H,1-3H3;2*5H,4H2,1-3H3;4-5H,1H2,2-3H3;3H,1-2H3;4H,1-3H3;4-5H,3H2,1-2H3;2*4H,1-3H3;9*1H4. The third kappa shape index (κ3) is 389. The summed E-state index contributed by atoms with van der Waals surface area (Å²) < 4.78 is 74.3. The van der Waals surface area contributed by atoms with Crippen molar-refractivity contribution in [1.82, 2.24) is 0 Å². The van der Waals surface area contributed by atoms with Gasteiger partial charge in [0.05, 0.1) is 42.6 Å². The van der Waals surface area contributed by atoms with Gasteiger partial charge < -0.3 is 38.6 Å². The van der Waals surface area contributed by atoms with E-state index in [-0.39, 0.29) is 114 Å². The highest BCUT2D eigenvalue weighted by molar-refractivity contribution is 5.77. The van der Waals surface area contributed by atoms with Gasteiger partial charge in [0, 0.05) is 73.1 Å². The molecule has 0 saturated heterocycles. The molecule has 2 atom stereocenters. The SMILES string of the molecule is C.C.C.C.C.C.C.C.C.C=CC(C)C.CC(=O)C(C)C.CC(=O)C(C)C.CC(C)C.CC(C)C.CC(C)C(C)(C)O.CC(C)C(C)C.CC(C)C(C)C.CC(C)C(C)F.CC(C)C(F)(F)F.CC(C)CO.CCC(C)C.CCC(C)C.CCCC(C)C.CCCC(C)C.COC(=O)C(C)C.COC(C)(C)C(C)C.COC(C)C.COC(C)C(C)C.COCC(C)C.COCCC(C)C. The predicted octanol–water partition coefficient (Wildman–Crippen LogP) is 41.7. The van der Waals surface area contributed by atoms with Crippen molar-refractivity contribution in [3.05, 3.63) is 12.7 Å². The minimum Gasteiger partial charge on any atom is -0.469 e. The van der Waals surface area contributed by atoms with Crippen LogP contribution in [-0.2, 0) is 42.8 Å². The molecule has 0 amide bonds. The van der Waals surface area contributed by atoms with E-state index in [4.69, 9.17) is 33.9 Å². The minimum atomic E-state index is -4.00. The van der Waals surface area contributed by atoms with Crippen LogP contribution in [0.15, 0.2) is 12.7 Å². The monoisotopic (exact) mass is 1950 g/mol. The molecule has 0 bridgehead atoms. The van der Waals surface area contributed by atoms with Crippen LogP contribution in [0.25, 0.3) is 0 Å². The Hall–Kier alpha value is -2.01. The first-order valence-corrected chi connectivity index (χ1v) is 48.7. The fourth-order valence-electron chi connectivity index (χ4n) is 2.59. The quantitative estimate of drug-likeness (QED) is 0.0511. The Morgan fingerprint density at radius 2 is 0.564 bits per heavy atom. The molecule has 0 fully saturated rings. The lowest BCUT2D eigenvalue weighted by Gasteiger charge is -2.26. The van der Waals surface area contributed by atoms with Crippen molar-refractivity contribution in [3.63, 3.8) is 0 Å². The molecule has 0 aliphatic heterocycles. The largest absolute Gasteiger partial charge is 0.469 e. The molecule has 0 spiro atoms. The predicted molar refractivity (Wildman–Crippen MR) is 620 cm³/mol.